The van der Waals surface area contributed by atoms with Gasteiger partial charge >= 0.3 is 5.97 Å². The van der Waals surface area contributed by atoms with Crippen molar-refractivity contribution in [1.82, 2.24) is 4.57 Å². The quantitative estimate of drug-likeness (QED) is 0.488. The standard InChI is InChI=1S/C25H21N3O5S/c1-13(2)33-25(32)21-20(15-5-9-17(30)10-6-15)18(12-26)22(27)28-23(31)19(34-24(21)28)11-14-3-7-16(29)8-4-14/h3-11,13,20,29-30H,27H2,1-2H3/b19-11-. The Morgan fingerprint density at radius 1 is 1.15 bits per heavy atom. The summed E-state index contributed by atoms with van der Waals surface area (Å²) in [5.41, 5.74) is 7.21. The maximum Gasteiger partial charge on any atom is 0.338 e. The van der Waals surface area contributed by atoms with Gasteiger partial charge in [-0.3, -0.25) is 9.36 Å². The van der Waals surface area contributed by atoms with Crippen LogP contribution in [0.25, 0.3) is 17.5 Å². The summed E-state index contributed by atoms with van der Waals surface area (Å²) in [4.78, 5) is 26.6. The van der Waals surface area contributed by atoms with E-state index in [1.54, 1.807) is 44.2 Å². The second-order valence-corrected chi connectivity index (χ2v) is 8.98. The molecule has 1 aliphatic rings. The van der Waals surface area contributed by atoms with Gasteiger partial charge in [0.15, 0.2) is 0 Å². The molecule has 2 aromatic carbocycles. The van der Waals surface area contributed by atoms with E-state index in [1.807, 2.05) is 0 Å². The number of benzene rings is 2. The number of nitrogens with two attached hydrogens (primary N) is 1. The number of nitriles is 1. The lowest BCUT2D eigenvalue weighted by Crippen LogP contribution is -2.40. The first-order valence-corrected chi connectivity index (χ1v) is 11.2. The SMILES string of the molecule is CC(C)OC(=O)C1=c2s/c(=C\c3ccc(O)cc3)c(=O)n2C(N)=C(C#N)C1c1ccc(O)cc1. The predicted molar refractivity (Wildman–Crippen MR) is 128 cm³/mol. The van der Waals surface area contributed by atoms with E-state index in [-0.39, 0.29) is 33.1 Å². The maximum absolute atomic E-state index is 13.3. The van der Waals surface area contributed by atoms with E-state index in [9.17, 15) is 25.1 Å². The topological polar surface area (TPSA) is 139 Å². The number of rotatable bonds is 4. The minimum atomic E-state index is -0.878. The summed E-state index contributed by atoms with van der Waals surface area (Å²) >= 11 is 1.06. The number of nitrogens with zero attached hydrogens (tertiary/aromatic N) is 2. The minimum Gasteiger partial charge on any atom is -0.508 e. The first kappa shape index (κ1) is 22.9. The molecule has 3 aromatic rings. The van der Waals surface area contributed by atoms with Crippen molar-refractivity contribution in [3.05, 3.63) is 84.8 Å². The number of thiazole rings is 1. The molecular weight excluding hydrogens is 454 g/mol. The highest BCUT2D eigenvalue weighted by atomic mass is 32.1. The van der Waals surface area contributed by atoms with Crippen LogP contribution in [0.15, 0.2) is 58.9 Å². The molecule has 4 rings (SSSR count). The van der Waals surface area contributed by atoms with Crippen molar-refractivity contribution in [3.63, 3.8) is 0 Å². The lowest BCUT2D eigenvalue weighted by Gasteiger charge is -2.25. The molecule has 0 saturated heterocycles. The first-order valence-electron chi connectivity index (χ1n) is 10.4. The molecule has 1 atom stereocenters. The van der Waals surface area contributed by atoms with Crippen molar-refractivity contribution in [3.8, 4) is 17.6 Å². The Balaban J connectivity index is 2.08. The number of ether oxygens (including phenoxy) is 1. The summed E-state index contributed by atoms with van der Waals surface area (Å²) in [5, 5.41) is 29.2. The molecule has 0 spiro atoms. The molecular formula is C25H21N3O5S. The average Bonchev–Trinajstić information content (AvgIpc) is 3.11. The van der Waals surface area contributed by atoms with Crippen LogP contribution in [0, 0.1) is 11.3 Å². The van der Waals surface area contributed by atoms with Crippen molar-refractivity contribution in [1.29, 1.82) is 5.26 Å². The fourth-order valence-electron chi connectivity index (χ4n) is 3.74. The van der Waals surface area contributed by atoms with Crippen molar-refractivity contribution >= 4 is 34.8 Å². The third kappa shape index (κ3) is 4.07. The summed E-state index contributed by atoms with van der Waals surface area (Å²) in [7, 11) is 0. The molecule has 9 heteroatoms. The van der Waals surface area contributed by atoms with E-state index in [0.717, 1.165) is 11.3 Å². The Kier molecular flexibility index (Phi) is 6.01. The lowest BCUT2D eigenvalue weighted by atomic mass is 9.84. The number of fused-ring (bicyclic) bond motifs is 1. The number of phenolic OH excluding ortho intramolecular Hbond substituents is 2. The Morgan fingerprint density at radius 2 is 1.74 bits per heavy atom. The molecule has 8 nitrogen and oxygen atoms in total. The van der Waals surface area contributed by atoms with E-state index >= 15 is 0 Å². The molecule has 172 valence electrons. The van der Waals surface area contributed by atoms with Gasteiger partial charge in [-0.25, -0.2) is 4.79 Å². The molecule has 2 heterocycles. The van der Waals surface area contributed by atoms with Gasteiger partial charge in [-0.2, -0.15) is 5.26 Å². The van der Waals surface area contributed by atoms with Crippen molar-refractivity contribution in [2.75, 3.05) is 0 Å². The number of aromatic hydroxyl groups is 2. The molecule has 1 unspecified atom stereocenters. The maximum atomic E-state index is 13.3. The summed E-state index contributed by atoms with van der Waals surface area (Å²) in [6.45, 7) is 3.41. The van der Waals surface area contributed by atoms with Gasteiger partial charge in [0.25, 0.3) is 5.56 Å². The van der Waals surface area contributed by atoms with Gasteiger partial charge in [0.05, 0.1) is 33.8 Å². The molecule has 0 fully saturated rings. The smallest absolute Gasteiger partial charge is 0.338 e. The van der Waals surface area contributed by atoms with Gasteiger partial charge in [0.2, 0.25) is 0 Å². The fourth-order valence-corrected chi connectivity index (χ4v) is 4.91. The Morgan fingerprint density at radius 3 is 2.29 bits per heavy atom. The number of hydrogen-bond donors (Lipinski definition) is 3. The largest absolute Gasteiger partial charge is 0.508 e. The van der Waals surface area contributed by atoms with Crippen LogP contribution >= 0.6 is 11.3 Å². The van der Waals surface area contributed by atoms with E-state index in [0.29, 0.717) is 15.7 Å². The van der Waals surface area contributed by atoms with E-state index in [4.69, 9.17) is 10.5 Å². The predicted octanol–water partition coefficient (Wildman–Crippen LogP) is 1.70. The molecule has 34 heavy (non-hydrogen) atoms. The van der Waals surface area contributed by atoms with Gasteiger partial charge < -0.3 is 20.7 Å². The summed E-state index contributed by atoms with van der Waals surface area (Å²) in [6.07, 6.45) is 1.19. The zero-order chi connectivity index (χ0) is 24.6. The number of carbonyl (C=O) groups excluding carboxylic acids is 1. The Labute approximate surface area is 198 Å². The molecule has 0 saturated carbocycles. The van der Waals surface area contributed by atoms with E-state index in [2.05, 4.69) is 6.07 Å². The Bertz CT molecular complexity index is 1520. The molecule has 0 bridgehead atoms. The number of carbonyl (C=O) groups is 1. The highest BCUT2D eigenvalue weighted by molar-refractivity contribution is 7.07. The van der Waals surface area contributed by atoms with Gasteiger partial charge in [-0.1, -0.05) is 24.3 Å². The van der Waals surface area contributed by atoms with Gasteiger partial charge in [-0.15, -0.1) is 11.3 Å². The van der Waals surface area contributed by atoms with Crippen LogP contribution in [0.1, 0.15) is 30.9 Å². The molecule has 0 aliphatic carbocycles. The molecule has 1 aromatic heterocycles. The van der Waals surface area contributed by atoms with Crippen molar-refractivity contribution in [2.45, 2.75) is 25.9 Å². The van der Waals surface area contributed by atoms with E-state index < -0.39 is 23.6 Å². The van der Waals surface area contributed by atoms with Gasteiger partial charge in [0, 0.05) is 0 Å². The second kappa shape index (κ2) is 8.92. The van der Waals surface area contributed by atoms with E-state index in [1.165, 1.54) is 28.8 Å². The van der Waals surface area contributed by atoms with Crippen LogP contribution in [0.4, 0.5) is 0 Å². The normalized spacial score (nSPS) is 15.9. The zero-order valence-electron chi connectivity index (χ0n) is 18.4. The zero-order valence-corrected chi connectivity index (χ0v) is 19.2. The van der Waals surface area contributed by atoms with Crippen LogP contribution in [0.3, 0.4) is 0 Å². The third-order valence-electron chi connectivity index (χ3n) is 5.25. The summed E-state index contributed by atoms with van der Waals surface area (Å²) in [5.74, 6) is -1.49. The monoisotopic (exact) mass is 475 g/mol. The van der Waals surface area contributed by atoms with Gasteiger partial charge in [0.1, 0.15) is 22.0 Å². The van der Waals surface area contributed by atoms with Crippen molar-refractivity contribution < 1.29 is 19.7 Å². The number of hydrogen-bond acceptors (Lipinski definition) is 8. The van der Waals surface area contributed by atoms with Crippen LogP contribution in [-0.4, -0.2) is 26.9 Å². The second-order valence-electron chi connectivity index (χ2n) is 7.95. The molecule has 0 radical (unpaired) electrons. The number of aromatic nitrogens is 1. The molecule has 1 aliphatic heterocycles. The summed E-state index contributed by atoms with van der Waals surface area (Å²) in [6, 6.07) is 14.4. The van der Waals surface area contributed by atoms with Crippen LogP contribution in [-0.2, 0) is 9.53 Å². The fraction of sp³-hybridized carbons (Fsp3) is 0.160. The summed E-state index contributed by atoms with van der Waals surface area (Å²) < 4.78 is 7.22. The Hall–Kier alpha value is -4.29. The minimum absolute atomic E-state index is 0.0279. The highest BCUT2D eigenvalue weighted by Crippen LogP contribution is 2.37. The highest BCUT2D eigenvalue weighted by Gasteiger charge is 2.36. The number of allylic oxidation sites excluding steroid dienone is 1. The number of esters is 1. The van der Waals surface area contributed by atoms with Crippen LogP contribution in [0.5, 0.6) is 11.5 Å². The number of phenols is 2. The third-order valence-corrected chi connectivity index (χ3v) is 6.36. The van der Waals surface area contributed by atoms with Gasteiger partial charge in [-0.05, 0) is 55.3 Å². The lowest BCUT2D eigenvalue weighted by molar-refractivity contribution is -0.140. The average molecular weight is 476 g/mol. The molecule has 0 amide bonds. The van der Waals surface area contributed by atoms with Crippen LogP contribution < -0.4 is 20.5 Å². The van der Waals surface area contributed by atoms with Crippen LogP contribution in [0.2, 0.25) is 0 Å². The molecule has 4 N–H and O–H groups in total. The van der Waals surface area contributed by atoms with Crippen molar-refractivity contribution in [2.24, 2.45) is 5.73 Å². The first-order chi connectivity index (χ1) is 16.2.